The minimum absolute atomic E-state index is 0.0402. The summed E-state index contributed by atoms with van der Waals surface area (Å²) < 4.78 is 20.4. The zero-order chi connectivity index (χ0) is 26.0. The predicted octanol–water partition coefficient (Wildman–Crippen LogP) is 4.17. The quantitative estimate of drug-likeness (QED) is 0.339. The third kappa shape index (κ3) is 6.70. The number of esters is 4. The summed E-state index contributed by atoms with van der Waals surface area (Å²) in [6.07, 6.45) is 3.21. The third-order valence-electron chi connectivity index (χ3n) is 6.78. The lowest BCUT2D eigenvalue weighted by Gasteiger charge is -2.34. The Labute approximate surface area is 203 Å². The van der Waals surface area contributed by atoms with E-state index in [2.05, 4.69) is 0 Å². The number of hydrogen-bond donors (Lipinski definition) is 0. The summed E-state index contributed by atoms with van der Waals surface area (Å²) in [5.41, 5.74) is 0.768. The molecule has 0 bridgehead atoms. The van der Waals surface area contributed by atoms with Crippen LogP contribution in [-0.2, 0) is 38.1 Å². The molecule has 1 rings (SSSR count). The van der Waals surface area contributed by atoms with Gasteiger partial charge in [-0.2, -0.15) is 0 Å². The van der Waals surface area contributed by atoms with E-state index in [-0.39, 0.29) is 47.0 Å². The lowest BCUT2D eigenvalue weighted by Crippen LogP contribution is -2.34. The number of rotatable bonds is 10. The number of carbonyl (C=O) groups excluding carboxylic acids is 4. The van der Waals surface area contributed by atoms with Crippen molar-refractivity contribution in [2.75, 3.05) is 28.4 Å². The molecular formula is C26H40O8. The van der Waals surface area contributed by atoms with Crippen LogP contribution in [0.25, 0.3) is 0 Å². The van der Waals surface area contributed by atoms with Crippen LogP contribution in [0.3, 0.4) is 0 Å². The Morgan fingerprint density at radius 2 is 0.941 bits per heavy atom. The molecular weight excluding hydrogens is 440 g/mol. The van der Waals surface area contributed by atoms with Crippen LogP contribution < -0.4 is 0 Å². The zero-order valence-corrected chi connectivity index (χ0v) is 21.8. The van der Waals surface area contributed by atoms with Crippen LogP contribution in [-0.4, -0.2) is 52.3 Å². The molecule has 0 heterocycles. The van der Waals surface area contributed by atoms with Crippen molar-refractivity contribution in [3.8, 4) is 0 Å². The van der Waals surface area contributed by atoms with E-state index >= 15 is 0 Å². The van der Waals surface area contributed by atoms with Crippen LogP contribution in [0.1, 0.15) is 66.2 Å². The van der Waals surface area contributed by atoms with Crippen LogP contribution in [0.15, 0.2) is 22.3 Å². The van der Waals surface area contributed by atoms with Crippen LogP contribution in [0.2, 0.25) is 0 Å². The highest BCUT2D eigenvalue weighted by atomic mass is 16.5. The Morgan fingerprint density at radius 3 is 1.18 bits per heavy atom. The van der Waals surface area contributed by atoms with E-state index in [9.17, 15) is 19.2 Å². The van der Waals surface area contributed by atoms with Gasteiger partial charge in [0, 0.05) is 11.1 Å². The van der Waals surface area contributed by atoms with Gasteiger partial charge in [-0.05, 0) is 36.5 Å². The lowest BCUT2D eigenvalue weighted by atomic mass is 9.69. The van der Waals surface area contributed by atoms with Gasteiger partial charge in [-0.3, -0.25) is 0 Å². The Morgan fingerprint density at radius 1 is 0.647 bits per heavy atom. The van der Waals surface area contributed by atoms with Crippen LogP contribution >= 0.6 is 0 Å². The SMILES string of the molecule is CCCC(C)[C@H]1C/C(C(=O)OC)=C(/C(=O)OC)[C@@H](C(C)CCC)C/C(C(=O)OC)=C\1C(=O)OC. The fourth-order valence-electron chi connectivity index (χ4n) is 5.00. The summed E-state index contributed by atoms with van der Waals surface area (Å²) in [5, 5.41) is 0. The standard InChI is InChI=1S/C26H40O8/c1-9-11-15(3)17-13-19(23(27)31-5)22(26(30)34-8)18(16(4)12-10-2)14-20(24(28)32-6)21(17)25(29)33-7/h15-18H,9-14H2,1-8H3/b21-20-,22-19-/t15?,16?,17-,18-/m1/s1. The molecule has 0 saturated carbocycles. The number of carbonyl (C=O) groups is 4. The lowest BCUT2D eigenvalue weighted by molar-refractivity contribution is -0.141. The fraction of sp³-hybridized carbons (Fsp3) is 0.692. The summed E-state index contributed by atoms with van der Waals surface area (Å²) in [6.45, 7) is 7.94. The summed E-state index contributed by atoms with van der Waals surface area (Å²) in [6, 6.07) is 0. The van der Waals surface area contributed by atoms with E-state index in [0.717, 1.165) is 25.7 Å². The Bertz CT molecular complexity index is 755. The molecule has 0 radical (unpaired) electrons. The summed E-state index contributed by atoms with van der Waals surface area (Å²) in [4.78, 5) is 52.2. The van der Waals surface area contributed by atoms with Gasteiger partial charge >= 0.3 is 23.9 Å². The second kappa shape index (κ2) is 13.9. The monoisotopic (exact) mass is 480 g/mol. The molecule has 8 heteroatoms. The minimum atomic E-state index is -0.645. The summed E-state index contributed by atoms with van der Waals surface area (Å²) >= 11 is 0. The zero-order valence-electron chi connectivity index (χ0n) is 21.8. The second-order valence-corrected chi connectivity index (χ2v) is 8.90. The van der Waals surface area contributed by atoms with Crippen molar-refractivity contribution in [3.63, 3.8) is 0 Å². The predicted molar refractivity (Wildman–Crippen MR) is 126 cm³/mol. The molecule has 0 aliphatic heterocycles. The van der Waals surface area contributed by atoms with Crippen LogP contribution in [0.5, 0.6) is 0 Å². The molecule has 192 valence electrons. The van der Waals surface area contributed by atoms with Crippen molar-refractivity contribution in [2.45, 2.75) is 66.2 Å². The molecule has 0 amide bonds. The van der Waals surface area contributed by atoms with E-state index in [1.807, 2.05) is 27.7 Å². The highest BCUT2D eigenvalue weighted by molar-refractivity contribution is 6.04. The molecule has 0 aromatic heterocycles. The van der Waals surface area contributed by atoms with E-state index in [1.165, 1.54) is 28.4 Å². The molecule has 0 saturated heterocycles. The van der Waals surface area contributed by atoms with Gasteiger partial charge in [-0.15, -0.1) is 0 Å². The first-order valence-corrected chi connectivity index (χ1v) is 11.9. The van der Waals surface area contributed by atoms with Crippen molar-refractivity contribution in [3.05, 3.63) is 22.3 Å². The largest absolute Gasteiger partial charge is 0.466 e. The van der Waals surface area contributed by atoms with Crippen molar-refractivity contribution >= 4 is 23.9 Å². The molecule has 34 heavy (non-hydrogen) atoms. The summed E-state index contributed by atoms with van der Waals surface area (Å²) in [7, 11) is 5.04. The van der Waals surface area contributed by atoms with Gasteiger partial charge in [0.2, 0.25) is 0 Å². The van der Waals surface area contributed by atoms with E-state index in [0.29, 0.717) is 0 Å². The maximum absolute atomic E-state index is 13.1. The van der Waals surface area contributed by atoms with Gasteiger partial charge in [-0.25, -0.2) is 19.2 Å². The fourth-order valence-corrected chi connectivity index (χ4v) is 5.00. The van der Waals surface area contributed by atoms with E-state index < -0.39 is 35.7 Å². The van der Waals surface area contributed by atoms with Gasteiger partial charge in [-0.1, -0.05) is 53.4 Å². The summed E-state index contributed by atoms with van der Waals surface area (Å²) in [5.74, 6) is -3.87. The van der Waals surface area contributed by atoms with Crippen LogP contribution in [0, 0.1) is 23.7 Å². The van der Waals surface area contributed by atoms with Gasteiger partial charge < -0.3 is 18.9 Å². The molecule has 1 aliphatic rings. The van der Waals surface area contributed by atoms with E-state index in [1.54, 1.807) is 0 Å². The number of methoxy groups -OCH3 is 4. The first-order chi connectivity index (χ1) is 16.1. The van der Waals surface area contributed by atoms with Crippen molar-refractivity contribution in [1.29, 1.82) is 0 Å². The topological polar surface area (TPSA) is 105 Å². The van der Waals surface area contributed by atoms with Crippen LogP contribution in [0.4, 0.5) is 0 Å². The smallest absolute Gasteiger partial charge is 0.334 e. The molecule has 1 aliphatic carbocycles. The molecule has 8 nitrogen and oxygen atoms in total. The molecule has 0 aromatic carbocycles. The normalized spacial score (nSPS) is 24.8. The Kier molecular flexibility index (Phi) is 12.0. The molecule has 0 N–H and O–H groups in total. The Hall–Kier alpha value is -2.64. The van der Waals surface area contributed by atoms with Gasteiger partial charge in [0.1, 0.15) is 0 Å². The van der Waals surface area contributed by atoms with Crippen molar-refractivity contribution in [2.24, 2.45) is 23.7 Å². The maximum atomic E-state index is 13.1. The molecule has 0 spiro atoms. The Balaban J connectivity index is 4.08. The van der Waals surface area contributed by atoms with Gasteiger partial charge in [0.05, 0.1) is 39.6 Å². The van der Waals surface area contributed by atoms with Crippen molar-refractivity contribution in [1.82, 2.24) is 0 Å². The average Bonchev–Trinajstić information content (AvgIpc) is 2.82. The van der Waals surface area contributed by atoms with Gasteiger partial charge in [0.15, 0.2) is 0 Å². The number of ether oxygens (including phenoxy) is 4. The minimum Gasteiger partial charge on any atom is -0.466 e. The van der Waals surface area contributed by atoms with E-state index in [4.69, 9.17) is 18.9 Å². The molecule has 0 aromatic rings. The van der Waals surface area contributed by atoms with Gasteiger partial charge in [0.25, 0.3) is 0 Å². The first kappa shape index (κ1) is 29.4. The number of hydrogen-bond acceptors (Lipinski definition) is 8. The molecule has 4 atom stereocenters. The molecule has 2 unspecified atom stereocenters. The molecule has 0 fully saturated rings. The maximum Gasteiger partial charge on any atom is 0.334 e. The highest BCUT2D eigenvalue weighted by Crippen LogP contribution is 2.43. The average molecular weight is 481 g/mol. The van der Waals surface area contributed by atoms with Crippen molar-refractivity contribution < 1.29 is 38.1 Å². The highest BCUT2D eigenvalue weighted by Gasteiger charge is 2.42. The third-order valence-corrected chi connectivity index (χ3v) is 6.78. The second-order valence-electron chi connectivity index (χ2n) is 8.90. The first-order valence-electron chi connectivity index (χ1n) is 11.9.